The molecule has 0 aliphatic carbocycles. The van der Waals surface area contributed by atoms with Crippen LogP contribution in [0.4, 0.5) is 0 Å². The summed E-state index contributed by atoms with van der Waals surface area (Å²) < 4.78 is 0. The van der Waals surface area contributed by atoms with Crippen molar-refractivity contribution in [3.63, 3.8) is 0 Å². The maximum absolute atomic E-state index is 2.40. The molecule has 6 heteroatoms. The highest BCUT2D eigenvalue weighted by atomic mass is 15.2. The first kappa shape index (κ1) is 37.3. The maximum atomic E-state index is 2.40. The van der Waals surface area contributed by atoms with Gasteiger partial charge in [0.15, 0.2) is 0 Å². The Balaban J connectivity index is -0.000000411. The molecule has 0 aromatic rings. The molecule has 204 valence electrons. The molecule has 0 N–H and O–H groups in total. The third-order valence-corrected chi connectivity index (χ3v) is 6.03. The molecule has 0 aromatic heterocycles. The summed E-state index contributed by atoms with van der Waals surface area (Å²) in [5.41, 5.74) is 0. The summed E-state index contributed by atoms with van der Waals surface area (Å²) in [4.78, 5) is 13.8. The molecule has 0 fully saturated rings. The third-order valence-electron chi connectivity index (χ3n) is 6.03. The van der Waals surface area contributed by atoms with Crippen LogP contribution in [0.3, 0.4) is 0 Å². The molecule has 0 unspecified atom stereocenters. The number of hydrogen-bond donors (Lipinski definition) is 0. The van der Waals surface area contributed by atoms with E-state index in [9.17, 15) is 0 Å². The van der Waals surface area contributed by atoms with Crippen LogP contribution in [0.2, 0.25) is 0 Å². The molecule has 0 amide bonds. The van der Waals surface area contributed by atoms with Crippen LogP contribution in [-0.2, 0) is 0 Å². The molecule has 0 spiro atoms. The van der Waals surface area contributed by atoms with Crippen molar-refractivity contribution in [2.45, 2.75) is 78.9 Å². The van der Waals surface area contributed by atoms with Gasteiger partial charge in [0.1, 0.15) is 0 Å². The van der Waals surface area contributed by atoms with Gasteiger partial charge >= 0.3 is 0 Å². The Morgan fingerprint density at radius 3 is 0.939 bits per heavy atom. The van der Waals surface area contributed by atoms with Gasteiger partial charge in [0.05, 0.1) is 0 Å². The Bertz CT molecular complexity index is 383. The predicted molar refractivity (Wildman–Crippen MR) is 153 cm³/mol. The molecule has 0 atom stereocenters. The average molecular weight is 475 g/mol. The summed E-state index contributed by atoms with van der Waals surface area (Å²) in [6, 6.07) is 2.03. The zero-order chi connectivity index (χ0) is 26.6. The summed E-state index contributed by atoms with van der Waals surface area (Å²) in [7, 11) is 19.3. The van der Waals surface area contributed by atoms with Crippen LogP contribution in [0.25, 0.3) is 0 Å². The normalized spacial score (nSPS) is 12.0. The fraction of sp³-hybridized carbons (Fsp3) is 1.00. The van der Waals surface area contributed by atoms with Gasteiger partial charge in [-0.2, -0.15) is 0 Å². The monoisotopic (exact) mass is 475 g/mol. The first-order valence-corrected chi connectivity index (χ1v) is 13.2. The van der Waals surface area contributed by atoms with E-state index in [2.05, 4.69) is 134 Å². The third kappa shape index (κ3) is 31.8. The Hall–Kier alpha value is -0.240. The van der Waals surface area contributed by atoms with Gasteiger partial charge in [-0.15, -0.1) is 0 Å². The highest BCUT2D eigenvalue weighted by Crippen LogP contribution is 1.98. The summed E-state index contributed by atoms with van der Waals surface area (Å²) in [5.74, 6) is 0. The minimum Gasteiger partial charge on any atom is -0.309 e. The van der Waals surface area contributed by atoms with Crippen molar-refractivity contribution in [1.29, 1.82) is 0 Å². The van der Waals surface area contributed by atoms with Crippen LogP contribution in [0.5, 0.6) is 0 Å². The predicted octanol–water partition coefficient (Wildman–Crippen LogP) is 3.83. The molecule has 0 rings (SSSR count). The molecule has 0 saturated heterocycles. The SMILES string of the molecule is CC(C)N(C)CCCCN(C)C.CC(C)N(C)CCCN(C)C.CC(C)N(C)CCN(C)C. The van der Waals surface area contributed by atoms with Crippen molar-refractivity contribution in [3.05, 3.63) is 0 Å². The number of likely N-dealkylation sites (N-methyl/N-ethyl adjacent to an activating group) is 2. The van der Waals surface area contributed by atoms with Gasteiger partial charge < -0.3 is 29.4 Å². The van der Waals surface area contributed by atoms with Crippen molar-refractivity contribution in [3.8, 4) is 0 Å². The first-order chi connectivity index (χ1) is 15.1. The Labute approximate surface area is 211 Å². The van der Waals surface area contributed by atoms with Gasteiger partial charge in [-0.25, -0.2) is 0 Å². The number of nitrogens with zero attached hydrogens (tertiary/aromatic N) is 6. The number of rotatable bonds is 15. The van der Waals surface area contributed by atoms with E-state index < -0.39 is 0 Å². The lowest BCUT2D eigenvalue weighted by atomic mass is 10.2. The zero-order valence-electron chi connectivity index (χ0n) is 25.8. The van der Waals surface area contributed by atoms with Crippen molar-refractivity contribution in [1.82, 2.24) is 29.4 Å². The Morgan fingerprint density at radius 1 is 0.333 bits per heavy atom. The molecule has 0 saturated carbocycles. The smallest absolute Gasteiger partial charge is 0.0109 e. The molecule has 0 radical (unpaired) electrons. The molecule has 0 heterocycles. The van der Waals surface area contributed by atoms with E-state index >= 15 is 0 Å². The molecule has 0 aromatic carbocycles. The largest absolute Gasteiger partial charge is 0.309 e. The minimum atomic E-state index is 0.667. The van der Waals surface area contributed by atoms with Gasteiger partial charge in [-0.05, 0) is 150 Å². The molecular weight excluding hydrogens is 408 g/mol. The van der Waals surface area contributed by atoms with Crippen molar-refractivity contribution >= 4 is 0 Å². The molecule has 6 nitrogen and oxygen atoms in total. The van der Waals surface area contributed by atoms with E-state index in [0.29, 0.717) is 18.1 Å². The second-order valence-corrected chi connectivity index (χ2v) is 11.2. The van der Waals surface area contributed by atoms with Gasteiger partial charge in [-0.3, -0.25) is 0 Å². The topological polar surface area (TPSA) is 19.4 Å². The van der Waals surface area contributed by atoms with Crippen LogP contribution in [0.1, 0.15) is 60.8 Å². The standard InChI is InChI=1S/C10H24N2.C9H22N2.C8H20N2/c1-10(2)12(5)9-7-6-8-11(3)4;1-9(2)11(5)8-6-7-10(3)4;1-8(2)10(5)7-6-9(3)4/h10H,6-9H2,1-5H3;9H,6-8H2,1-5H3;8H,6-7H2,1-5H3. The molecule has 33 heavy (non-hydrogen) atoms. The van der Waals surface area contributed by atoms with E-state index in [0.717, 1.165) is 13.1 Å². The lowest BCUT2D eigenvalue weighted by Gasteiger charge is -2.22. The van der Waals surface area contributed by atoms with Crippen molar-refractivity contribution in [2.24, 2.45) is 0 Å². The Kier molecular flexibility index (Phi) is 26.6. The summed E-state index contributed by atoms with van der Waals surface area (Å²) in [6.07, 6.45) is 3.89. The quantitative estimate of drug-likeness (QED) is 0.334. The summed E-state index contributed by atoms with van der Waals surface area (Å²) >= 11 is 0. The average Bonchev–Trinajstić information content (AvgIpc) is 2.69. The van der Waals surface area contributed by atoms with E-state index in [1.54, 1.807) is 0 Å². The van der Waals surface area contributed by atoms with E-state index in [4.69, 9.17) is 0 Å². The molecular formula is C27H66N6. The molecule has 0 aliphatic heterocycles. The maximum Gasteiger partial charge on any atom is 0.0109 e. The molecule has 0 bridgehead atoms. The zero-order valence-corrected chi connectivity index (χ0v) is 25.8. The Morgan fingerprint density at radius 2 is 0.606 bits per heavy atom. The van der Waals surface area contributed by atoms with Gasteiger partial charge in [0.2, 0.25) is 0 Å². The second-order valence-electron chi connectivity index (χ2n) is 11.2. The van der Waals surface area contributed by atoms with Gasteiger partial charge in [-0.1, -0.05) is 0 Å². The van der Waals surface area contributed by atoms with E-state index in [1.165, 1.54) is 45.4 Å². The molecule has 0 aliphatic rings. The van der Waals surface area contributed by atoms with Crippen molar-refractivity contribution < 1.29 is 0 Å². The van der Waals surface area contributed by atoms with E-state index in [1.807, 2.05) is 0 Å². The van der Waals surface area contributed by atoms with Gasteiger partial charge in [0.25, 0.3) is 0 Å². The lowest BCUT2D eigenvalue weighted by molar-refractivity contribution is 0.241. The van der Waals surface area contributed by atoms with Crippen LogP contribution in [0, 0.1) is 0 Å². The fourth-order valence-corrected chi connectivity index (χ4v) is 2.56. The number of unbranched alkanes of at least 4 members (excludes halogenated alkanes) is 1. The fourth-order valence-electron chi connectivity index (χ4n) is 2.56. The van der Waals surface area contributed by atoms with Crippen LogP contribution in [-0.4, -0.2) is 150 Å². The van der Waals surface area contributed by atoms with Crippen LogP contribution >= 0.6 is 0 Å². The van der Waals surface area contributed by atoms with Crippen molar-refractivity contribution in [2.75, 3.05) is 103 Å². The van der Waals surface area contributed by atoms with Gasteiger partial charge in [0, 0.05) is 31.2 Å². The first-order valence-electron chi connectivity index (χ1n) is 13.2. The van der Waals surface area contributed by atoms with Crippen LogP contribution in [0.15, 0.2) is 0 Å². The lowest BCUT2D eigenvalue weighted by Crippen LogP contribution is -2.33. The minimum absolute atomic E-state index is 0.667. The van der Waals surface area contributed by atoms with Crippen LogP contribution < -0.4 is 0 Å². The highest BCUT2D eigenvalue weighted by Gasteiger charge is 2.03. The summed E-state index contributed by atoms with van der Waals surface area (Å²) in [5, 5.41) is 0. The highest BCUT2D eigenvalue weighted by molar-refractivity contribution is 4.59. The van der Waals surface area contributed by atoms with E-state index in [-0.39, 0.29) is 0 Å². The second kappa shape index (κ2) is 23.5. The summed E-state index contributed by atoms with van der Waals surface area (Å²) in [6.45, 7) is 20.5. The number of hydrogen-bond acceptors (Lipinski definition) is 6.